The second-order valence-corrected chi connectivity index (χ2v) is 15.5. The molecule has 1 heterocycles. The van der Waals surface area contributed by atoms with E-state index in [1.54, 1.807) is 26.8 Å². The molecule has 51 heavy (non-hydrogen) atoms. The molecule has 3 rings (SSSR count). The zero-order chi connectivity index (χ0) is 38.4. The quantitative estimate of drug-likeness (QED) is 0.0926. The van der Waals surface area contributed by atoms with Gasteiger partial charge >= 0.3 is 29.8 Å². The fourth-order valence-electron chi connectivity index (χ4n) is 8.62. The Labute approximate surface area is 303 Å². The normalized spacial score (nSPS) is 33.8. The Morgan fingerprint density at radius 2 is 1.47 bits per heavy atom. The highest BCUT2D eigenvalue weighted by molar-refractivity contribution is 5.87. The molecule has 12 heteroatoms. The van der Waals surface area contributed by atoms with E-state index in [1.165, 1.54) is 33.3 Å². The standard InChI is InChI=1S/C39H60O12/c1-13-22(3)36(44)51-35-30(50-37-34(49-28(9)43)33(48-27(8)42)32(24(5)46-37)47-26(7)41)20-39(12)29(16-14-21(2)18-19-45-25(6)40)23(4)15-17-31(39)38(35,10)11/h13,15,21,24,29-35,37H,14,16-20H2,1-12H3/b22-13-/t21-,24-,29+,30-,31+,32+,33+,34-,35+,37+,39-/m0/s1. The molecule has 0 radical (unpaired) electrons. The number of hydrogen-bond donors (Lipinski definition) is 0. The van der Waals surface area contributed by atoms with Gasteiger partial charge in [-0.2, -0.15) is 0 Å². The summed E-state index contributed by atoms with van der Waals surface area (Å²) in [6.45, 7) is 21.4. The lowest BCUT2D eigenvalue weighted by atomic mass is 9.46. The molecule has 1 saturated heterocycles. The van der Waals surface area contributed by atoms with Crippen LogP contribution in [0.25, 0.3) is 0 Å². The van der Waals surface area contributed by atoms with Crippen LogP contribution in [0.4, 0.5) is 0 Å². The molecule has 0 aromatic rings. The van der Waals surface area contributed by atoms with Crippen LogP contribution in [0.1, 0.15) is 115 Å². The zero-order valence-electron chi connectivity index (χ0n) is 32.6. The van der Waals surface area contributed by atoms with E-state index in [9.17, 15) is 24.0 Å². The molecule has 0 unspecified atom stereocenters. The number of hydrogen-bond acceptors (Lipinski definition) is 12. The average Bonchev–Trinajstić information content (AvgIpc) is 3.00. The van der Waals surface area contributed by atoms with Crippen molar-refractivity contribution in [3.8, 4) is 0 Å². The molecule has 2 aliphatic carbocycles. The number of carbonyl (C=O) groups is 5. The Bertz CT molecular complexity index is 1350. The lowest BCUT2D eigenvalue weighted by molar-refractivity contribution is -0.329. The van der Waals surface area contributed by atoms with Crippen LogP contribution in [0.15, 0.2) is 23.3 Å². The van der Waals surface area contributed by atoms with E-state index in [1.807, 2.05) is 0 Å². The van der Waals surface area contributed by atoms with E-state index in [4.69, 9.17) is 33.2 Å². The summed E-state index contributed by atoms with van der Waals surface area (Å²) < 4.78 is 41.5. The molecule has 3 aliphatic rings. The predicted octanol–water partition coefficient (Wildman–Crippen LogP) is 6.18. The minimum Gasteiger partial charge on any atom is -0.466 e. The van der Waals surface area contributed by atoms with Crippen molar-refractivity contribution in [2.24, 2.45) is 28.6 Å². The van der Waals surface area contributed by atoms with Crippen LogP contribution in [0.2, 0.25) is 0 Å². The molecule has 0 aromatic heterocycles. The Morgan fingerprint density at radius 3 is 2.04 bits per heavy atom. The van der Waals surface area contributed by atoms with Crippen LogP contribution in [0.5, 0.6) is 0 Å². The van der Waals surface area contributed by atoms with Crippen molar-refractivity contribution in [3.05, 3.63) is 23.3 Å². The summed E-state index contributed by atoms with van der Waals surface area (Å²) in [5, 5.41) is 0. The van der Waals surface area contributed by atoms with E-state index in [-0.39, 0.29) is 23.2 Å². The van der Waals surface area contributed by atoms with Crippen LogP contribution >= 0.6 is 0 Å². The van der Waals surface area contributed by atoms with Crippen molar-refractivity contribution in [2.75, 3.05) is 6.61 Å². The highest BCUT2D eigenvalue weighted by Crippen LogP contribution is 2.62. The van der Waals surface area contributed by atoms with Gasteiger partial charge in [0.05, 0.1) is 18.8 Å². The fraction of sp³-hybridized carbons (Fsp3) is 0.769. The molecule has 0 N–H and O–H groups in total. The Hall–Kier alpha value is -3.25. The summed E-state index contributed by atoms with van der Waals surface area (Å²) in [6, 6.07) is 0. The van der Waals surface area contributed by atoms with Crippen LogP contribution in [0, 0.1) is 28.6 Å². The van der Waals surface area contributed by atoms with Gasteiger partial charge in [0.15, 0.2) is 24.6 Å². The molecule has 12 nitrogen and oxygen atoms in total. The smallest absolute Gasteiger partial charge is 0.333 e. The fourth-order valence-corrected chi connectivity index (χ4v) is 8.62. The number of esters is 5. The van der Waals surface area contributed by atoms with Gasteiger partial charge in [0.25, 0.3) is 0 Å². The van der Waals surface area contributed by atoms with Crippen molar-refractivity contribution in [1.82, 2.24) is 0 Å². The molecule has 0 amide bonds. The topological polar surface area (TPSA) is 150 Å². The largest absolute Gasteiger partial charge is 0.466 e. The molecule has 1 aliphatic heterocycles. The molecular formula is C39H60O12. The van der Waals surface area contributed by atoms with Gasteiger partial charge in [0, 0.05) is 38.7 Å². The molecule has 11 atom stereocenters. The monoisotopic (exact) mass is 720 g/mol. The molecule has 0 spiro atoms. The number of allylic oxidation sites excluding steroid dienone is 3. The van der Waals surface area contributed by atoms with Crippen LogP contribution in [0.3, 0.4) is 0 Å². The van der Waals surface area contributed by atoms with E-state index in [2.05, 4.69) is 40.7 Å². The van der Waals surface area contributed by atoms with E-state index < -0.39 is 72.2 Å². The van der Waals surface area contributed by atoms with Gasteiger partial charge in [-0.05, 0) is 83.0 Å². The minimum atomic E-state index is -1.30. The zero-order valence-corrected chi connectivity index (χ0v) is 32.6. The molecule has 288 valence electrons. The third-order valence-corrected chi connectivity index (χ3v) is 11.2. The maximum Gasteiger partial charge on any atom is 0.333 e. The van der Waals surface area contributed by atoms with E-state index in [0.717, 1.165) is 25.7 Å². The lowest BCUT2D eigenvalue weighted by Gasteiger charge is -2.61. The van der Waals surface area contributed by atoms with E-state index >= 15 is 0 Å². The molecular weight excluding hydrogens is 660 g/mol. The summed E-state index contributed by atoms with van der Waals surface area (Å²) in [4.78, 5) is 61.6. The van der Waals surface area contributed by atoms with Crippen molar-refractivity contribution in [1.29, 1.82) is 0 Å². The number of carbonyl (C=O) groups excluding carboxylic acids is 5. The third kappa shape index (κ3) is 10.2. The van der Waals surface area contributed by atoms with Crippen LogP contribution in [-0.4, -0.2) is 79.4 Å². The maximum absolute atomic E-state index is 13.4. The second kappa shape index (κ2) is 17.5. The third-order valence-electron chi connectivity index (χ3n) is 11.2. The molecule has 0 bridgehead atoms. The first-order valence-corrected chi connectivity index (χ1v) is 18.2. The Kier molecular flexibility index (Phi) is 14.5. The lowest BCUT2D eigenvalue weighted by Crippen LogP contribution is -2.65. The predicted molar refractivity (Wildman–Crippen MR) is 187 cm³/mol. The van der Waals surface area contributed by atoms with E-state index in [0.29, 0.717) is 24.5 Å². The second-order valence-electron chi connectivity index (χ2n) is 15.5. The van der Waals surface area contributed by atoms with Crippen molar-refractivity contribution in [3.63, 3.8) is 0 Å². The Morgan fingerprint density at radius 1 is 0.882 bits per heavy atom. The van der Waals surface area contributed by atoms with Crippen molar-refractivity contribution in [2.45, 2.75) is 158 Å². The summed E-state index contributed by atoms with van der Waals surface area (Å²) in [5.74, 6) is -2.11. The highest BCUT2D eigenvalue weighted by atomic mass is 16.7. The number of ether oxygens (including phenoxy) is 7. The first-order chi connectivity index (χ1) is 23.7. The Balaban J connectivity index is 2.07. The van der Waals surface area contributed by atoms with Crippen molar-refractivity contribution < 1.29 is 57.1 Å². The number of rotatable bonds is 13. The molecule has 0 aromatic carbocycles. The van der Waals surface area contributed by atoms with Crippen LogP contribution < -0.4 is 0 Å². The van der Waals surface area contributed by atoms with Gasteiger partial charge in [0.2, 0.25) is 0 Å². The average molecular weight is 721 g/mol. The van der Waals surface area contributed by atoms with Gasteiger partial charge in [-0.15, -0.1) is 0 Å². The highest BCUT2D eigenvalue weighted by Gasteiger charge is 2.62. The SMILES string of the molecule is C/C=C(/C)C(=O)O[C@@H]1[C@@H](O[C@H]2O[C@@H](C)[C@@H](OC(C)=O)[C@@H](OC(C)=O)[C@@H]2OC(C)=O)C[C@@]2(C)[C@H](CC[C@H](C)CCOC(C)=O)C(C)=CC[C@@H]2C1(C)C. The summed E-state index contributed by atoms with van der Waals surface area (Å²) in [5.41, 5.74) is 0.839. The first-order valence-electron chi connectivity index (χ1n) is 18.2. The molecule has 1 saturated carbocycles. The van der Waals surface area contributed by atoms with Crippen LogP contribution in [-0.2, 0) is 57.1 Å². The van der Waals surface area contributed by atoms with Gasteiger partial charge < -0.3 is 33.2 Å². The maximum atomic E-state index is 13.4. The molecule has 2 fully saturated rings. The number of fused-ring (bicyclic) bond motifs is 1. The van der Waals surface area contributed by atoms with Gasteiger partial charge in [-0.1, -0.05) is 45.4 Å². The van der Waals surface area contributed by atoms with Gasteiger partial charge in [-0.3, -0.25) is 19.2 Å². The summed E-state index contributed by atoms with van der Waals surface area (Å²) in [6.07, 6.45) is 0.724. The summed E-state index contributed by atoms with van der Waals surface area (Å²) >= 11 is 0. The van der Waals surface area contributed by atoms with Gasteiger partial charge in [0.1, 0.15) is 6.10 Å². The van der Waals surface area contributed by atoms with Crippen molar-refractivity contribution >= 4 is 29.8 Å². The van der Waals surface area contributed by atoms with Gasteiger partial charge in [-0.25, -0.2) is 4.79 Å². The minimum absolute atomic E-state index is 0.108. The first kappa shape index (κ1) is 42.2. The summed E-state index contributed by atoms with van der Waals surface area (Å²) in [7, 11) is 0.